The van der Waals surface area contributed by atoms with Crippen LogP contribution in [0.15, 0.2) is 59.5 Å². The maximum Gasteiger partial charge on any atom is 0.251 e. The lowest BCUT2D eigenvalue weighted by Crippen LogP contribution is -2.40. The molecule has 9 nitrogen and oxygen atoms in total. The van der Waals surface area contributed by atoms with Gasteiger partial charge in [-0.05, 0) is 43.3 Å². The summed E-state index contributed by atoms with van der Waals surface area (Å²) in [7, 11) is -2.25. The van der Waals surface area contributed by atoms with E-state index in [1.807, 2.05) is 6.07 Å². The van der Waals surface area contributed by atoms with Crippen LogP contribution in [-0.4, -0.2) is 60.1 Å². The fraction of sp³-hybridized carbons (Fsp3) is 0.286. The number of hydrogen-bond acceptors (Lipinski definition) is 6. The Kier molecular flexibility index (Phi) is 5.75. The molecule has 0 aliphatic carbocycles. The summed E-state index contributed by atoms with van der Waals surface area (Å²) in [6.07, 6.45) is 0. The van der Waals surface area contributed by atoms with E-state index in [1.54, 1.807) is 43.3 Å². The van der Waals surface area contributed by atoms with E-state index in [1.165, 1.54) is 23.5 Å². The molecule has 1 aromatic heterocycles. The Bertz CT molecular complexity index is 1160. The molecule has 162 valence electrons. The third kappa shape index (κ3) is 4.30. The average Bonchev–Trinajstić information content (AvgIpc) is 3.41. The van der Waals surface area contributed by atoms with Crippen molar-refractivity contribution in [1.29, 1.82) is 0 Å². The van der Waals surface area contributed by atoms with E-state index >= 15 is 0 Å². The molecule has 2 heterocycles. The van der Waals surface area contributed by atoms with Gasteiger partial charge in [0, 0.05) is 18.7 Å². The van der Waals surface area contributed by atoms with Crippen molar-refractivity contribution in [2.75, 3.05) is 20.2 Å². The minimum absolute atomic E-state index is 0.116. The Morgan fingerprint density at radius 2 is 1.84 bits per heavy atom. The van der Waals surface area contributed by atoms with Crippen LogP contribution in [0.1, 0.15) is 27.9 Å². The van der Waals surface area contributed by atoms with Crippen LogP contribution in [0, 0.1) is 6.92 Å². The molecule has 4 rings (SSSR count). The molecule has 1 amide bonds. The highest BCUT2D eigenvalue weighted by molar-refractivity contribution is 7.89. The number of amides is 1. The number of aromatic amines is 1. The number of rotatable bonds is 6. The van der Waals surface area contributed by atoms with Crippen LogP contribution in [0.2, 0.25) is 0 Å². The first-order valence-corrected chi connectivity index (χ1v) is 11.2. The van der Waals surface area contributed by atoms with E-state index < -0.39 is 16.1 Å². The molecule has 0 unspecified atom stereocenters. The summed E-state index contributed by atoms with van der Waals surface area (Å²) in [5.74, 6) is 1.02. The first-order chi connectivity index (χ1) is 14.9. The molecular weight excluding hydrogens is 418 g/mol. The van der Waals surface area contributed by atoms with Gasteiger partial charge in [-0.3, -0.25) is 9.89 Å². The molecule has 0 spiro atoms. The summed E-state index contributed by atoms with van der Waals surface area (Å²) >= 11 is 0. The van der Waals surface area contributed by atoms with Crippen molar-refractivity contribution in [3.63, 3.8) is 0 Å². The van der Waals surface area contributed by atoms with Crippen molar-refractivity contribution in [1.82, 2.24) is 24.8 Å². The predicted octanol–water partition coefficient (Wildman–Crippen LogP) is 1.71. The zero-order chi connectivity index (χ0) is 22.0. The molecule has 10 heteroatoms. The summed E-state index contributed by atoms with van der Waals surface area (Å²) in [5.41, 5.74) is 0.504. The monoisotopic (exact) mass is 441 g/mol. The number of nitrogens with zero attached hydrogens (tertiary/aromatic N) is 3. The van der Waals surface area contributed by atoms with Gasteiger partial charge in [-0.1, -0.05) is 18.2 Å². The summed E-state index contributed by atoms with van der Waals surface area (Å²) < 4.78 is 33.0. The molecule has 0 bridgehead atoms. The van der Waals surface area contributed by atoms with Gasteiger partial charge in [0.15, 0.2) is 5.82 Å². The minimum Gasteiger partial charge on any atom is -0.497 e. The first kappa shape index (κ1) is 21.0. The smallest absolute Gasteiger partial charge is 0.251 e. The zero-order valence-electron chi connectivity index (χ0n) is 17.1. The number of aryl methyl sites for hydroxylation is 1. The van der Waals surface area contributed by atoms with Crippen LogP contribution in [0.25, 0.3) is 0 Å². The maximum absolute atomic E-state index is 13.2. The van der Waals surface area contributed by atoms with Gasteiger partial charge in [0.25, 0.3) is 5.91 Å². The molecule has 1 aliphatic rings. The number of hydrogen-bond donors (Lipinski definition) is 2. The molecule has 2 N–H and O–H groups in total. The molecule has 1 aliphatic heterocycles. The van der Waals surface area contributed by atoms with Crippen LogP contribution in [0.3, 0.4) is 0 Å². The van der Waals surface area contributed by atoms with E-state index in [0.29, 0.717) is 23.0 Å². The van der Waals surface area contributed by atoms with Gasteiger partial charge < -0.3 is 10.1 Å². The molecular formula is C21H23N5O4S. The molecule has 0 saturated carbocycles. The Morgan fingerprint density at radius 1 is 1.13 bits per heavy atom. The maximum atomic E-state index is 13.2. The van der Waals surface area contributed by atoms with E-state index in [2.05, 4.69) is 20.5 Å². The third-order valence-electron chi connectivity index (χ3n) is 5.28. The Balaban J connectivity index is 1.61. The number of nitrogens with one attached hydrogen (secondary N) is 2. The van der Waals surface area contributed by atoms with Gasteiger partial charge in [0.2, 0.25) is 10.0 Å². The van der Waals surface area contributed by atoms with Crippen molar-refractivity contribution in [2.45, 2.75) is 23.8 Å². The van der Waals surface area contributed by atoms with E-state index in [0.717, 1.165) is 0 Å². The minimum atomic E-state index is -3.77. The highest BCUT2D eigenvalue weighted by Gasteiger charge is 2.42. The molecule has 31 heavy (non-hydrogen) atoms. The number of H-pyrrole nitrogens is 1. The number of sulfonamides is 1. The molecule has 1 saturated heterocycles. The predicted molar refractivity (Wildman–Crippen MR) is 113 cm³/mol. The van der Waals surface area contributed by atoms with E-state index in [9.17, 15) is 13.2 Å². The lowest BCUT2D eigenvalue weighted by molar-refractivity contribution is 0.0935. The quantitative estimate of drug-likeness (QED) is 0.601. The van der Waals surface area contributed by atoms with Gasteiger partial charge in [0.1, 0.15) is 11.6 Å². The number of methoxy groups -OCH3 is 1. The van der Waals surface area contributed by atoms with E-state index in [4.69, 9.17) is 4.74 Å². The van der Waals surface area contributed by atoms with Crippen LogP contribution < -0.4 is 10.1 Å². The van der Waals surface area contributed by atoms with Crippen LogP contribution in [-0.2, 0) is 10.0 Å². The van der Waals surface area contributed by atoms with Gasteiger partial charge in [-0.25, -0.2) is 13.4 Å². The lowest BCUT2D eigenvalue weighted by Gasteiger charge is -2.18. The fourth-order valence-electron chi connectivity index (χ4n) is 3.64. The second-order valence-corrected chi connectivity index (χ2v) is 9.27. The standard InChI is InChI=1S/C21H23N5O4S/c1-14-22-20(25-24-14)18-12-26(31(28,29)17-10-8-16(30-2)9-11-17)13-19(18)23-21(27)15-6-4-3-5-7-15/h3-11,18-19H,12-13H2,1-2H3,(H,23,27)(H,22,24,25)/t18-,19-/m1/s1. The number of benzene rings is 2. The third-order valence-corrected chi connectivity index (χ3v) is 7.13. The molecule has 3 aromatic rings. The summed E-state index contributed by atoms with van der Waals surface area (Å²) in [6, 6.07) is 14.6. The molecule has 0 radical (unpaired) electrons. The topological polar surface area (TPSA) is 117 Å². The zero-order valence-corrected chi connectivity index (χ0v) is 18.0. The lowest BCUT2D eigenvalue weighted by atomic mass is 10.0. The molecule has 2 atom stereocenters. The number of carbonyl (C=O) groups excluding carboxylic acids is 1. The number of ether oxygens (including phenoxy) is 1. The number of carbonyl (C=O) groups is 1. The molecule has 1 fully saturated rings. The number of aromatic nitrogens is 3. The fourth-order valence-corrected chi connectivity index (χ4v) is 5.13. The Labute approximate surface area is 180 Å². The second kappa shape index (κ2) is 8.48. The highest BCUT2D eigenvalue weighted by Crippen LogP contribution is 2.31. The van der Waals surface area contributed by atoms with Crippen LogP contribution in [0.4, 0.5) is 0 Å². The summed E-state index contributed by atoms with van der Waals surface area (Å²) in [4.78, 5) is 17.3. The van der Waals surface area contributed by atoms with Crippen LogP contribution >= 0.6 is 0 Å². The van der Waals surface area contributed by atoms with E-state index in [-0.39, 0.29) is 29.8 Å². The second-order valence-electron chi connectivity index (χ2n) is 7.33. The summed E-state index contributed by atoms with van der Waals surface area (Å²) in [6.45, 7) is 2.05. The summed E-state index contributed by atoms with van der Waals surface area (Å²) in [5, 5.41) is 9.97. The SMILES string of the molecule is COc1ccc(S(=O)(=O)N2C[C@@H](NC(=O)c3ccccc3)[C@H](c3n[nH]c(C)n3)C2)cc1. The van der Waals surface area contributed by atoms with Crippen molar-refractivity contribution < 1.29 is 17.9 Å². The first-order valence-electron chi connectivity index (χ1n) is 9.77. The van der Waals surface area contributed by atoms with Crippen molar-refractivity contribution in [3.8, 4) is 5.75 Å². The average molecular weight is 442 g/mol. The highest BCUT2D eigenvalue weighted by atomic mass is 32.2. The normalized spacial score (nSPS) is 19.3. The largest absolute Gasteiger partial charge is 0.497 e. The van der Waals surface area contributed by atoms with Crippen LogP contribution in [0.5, 0.6) is 5.75 Å². The van der Waals surface area contributed by atoms with Gasteiger partial charge in [0.05, 0.1) is 24.0 Å². The Hall–Kier alpha value is -3.24. The van der Waals surface area contributed by atoms with Gasteiger partial charge >= 0.3 is 0 Å². The van der Waals surface area contributed by atoms with Gasteiger partial charge in [-0.2, -0.15) is 9.40 Å². The molecule has 2 aromatic carbocycles. The van der Waals surface area contributed by atoms with Crippen molar-refractivity contribution >= 4 is 15.9 Å². The van der Waals surface area contributed by atoms with Crippen molar-refractivity contribution in [3.05, 3.63) is 71.8 Å². The van der Waals surface area contributed by atoms with Gasteiger partial charge in [-0.15, -0.1) is 0 Å². The van der Waals surface area contributed by atoms with Crippen molar-refractivity contribution in [2.24, 2.45) is 0 Å². The Morgan fingerprint density at radius 3 is 2.45 bits per heavy atom.